The van der Waals surface area contributed by atoms with Crippen LogP contribution < -0.4 is 5.73 Å². The fraction of sp³-hybridized carbons (Fsp3) is 0.895. The summed E-state index contributed by atoms with van der Waals surface area (Å²) in [6.07, 6.45) is 6.29. The molecule has 0 radical (unpaired) electrons. The molecule has 1 saturated heterocycles. The monoisotopic (exact) mass is 659 g/mol. The zero-order chi connectivity index (χ0) is 34.5. The summed E-state index contributed by atoms with van der Waals surface area (Å²) in [5.74, 6) is -1.32. The van der Waals surface area contributed by atoms with Crippen LogP contribution in [-0.2, 0) is 19.1 Å². The maximum absolute atomic E-state index is 13.0. The van der Waals surface area contributed by atoms with E-state index in [4.69, 9.17) is 15.2 Å². The molecule has 6 aliphatic rings. The summed E-state index contributed by atoms with van der Waals surface area (Å²) in [7, 11) is 0. The molecule has 0 aromatic rings. The quantitative estimate of drug-likeness (QED) is 0.199. The van der Waals surface area contributed by atoms with E-state index in [0.717, 1.165) is 64.2 Å². The number of carboxylic acids is 1. The number of hydrogen-bond donors (Lipinski definition) is 5. The van der Waals surface area contributed by atoms with Gasteiger partial charge in [0.2, 0.25) is 0 Å². The molecule has 13 unspecified atom stereocenters. The van der Waals surface area contributed by atoms with E-state index in [-0.39, 0.29) is 45.6 Å². The van der Waals surface area contributed by atoms with Crippen LogP contribution in [0.2, 0.25) is 0 Å². The number of allylic oxidation sites excluding steroid dienone is 2. The number of nitrogens with two attached hydrogens (primary N) is 1. The Morgan fingerprint density at radius 3 is 2.26 bits per heavy atom. The predicted molar refractivity (Wildman–Crippen MR) is 177 cm³/mol. The molecule has 4 saturated carbocycles. The molecule has 1 aliphatic heterocycles. The van der Waals surface area contributed by atoms with Crippen LogP contribution in [0.3, 0.4) is 0 Å². The second-order valence-corrected chi connectivity index (χ2v) is 18.6. The van der Waals surface area contributed by atoms with Gasteiger partial charge in [0, 0.05) is 0 Å². The molecule has 0 aromatic heterocycles. The number of Topliss-reactive ketones (excluding diaryl/α,β-unsaturated/α-hetero) is 1. The van der Waals surface area contributed by atoms with Crippen molar-refractivity contribution in [3.63, 3.8) is 0 Å². The molecule has 0 amide bonds. The first kappa shape index (κ1) is 35.5. The van der Waals surface area contributed by atoms with Crippen molar-refractivity contribution >= 4 is 11.8 Å². The maximum Gasteiger partial charge on any atom is 0.310 e. The van der Waals surface area contributed by atoms with E-state index in [2.05, 4.69) is 54.5 Å². The number of rotatable bonds is 6. The van der Waals surface area contributed by atoms with Crippen LogP contribution in [0.1, 0.15) is 113 Å². The average Bonchev–Trinajstić information content (AvgIpc) is 2.99. The van der Waals surface area contributed by atoms with Crippen LogP contribution >= 0.6 is 0 Å². The lowest BCUT2D eigenvalue weighted by Crippen LogP contribution is -2.66. The highest BCUT2D eigenvalue weighted by Gasteiger charge is 2.69. The average molecular weight is 660 g/mol. The van der Waals surface area contributed by atoms with Crippen LogP contribution in [0.15, 0.2) is 11.6 Å². The molecule has 5 aliphatic carbocycles. The van der Waals surface area contributed by atoms with Gasteiger partial charge in [0.15, 0.2) is 12.1 Å². The van der Waals surface area contributed by atoms with Gasteiger partial charge < -0.3 is 35.6 Å². The molecule has 9 nitrogen and oxygen atoms in total. The Morgan fingerprint density at radius 2 is 1.62 bits per heavy atom. The normalized spacial score (nSPS) is 50.2. The number of carbonyl (C=O) groups excluding carboxylic acids is 1. The molecule has 9 heteroatoms. The third-order valence-electron chi connectivity index (χ3n) is 15.8. The number of aliphatic hydroxyl groups excluding tert-OH is 3. The number of aliphatic carboxylic acids is 1. The van der Waals surface area contributed by atoms with Crippen molar-refractivity contribution in [2.75, 3.05) is 13.2 Å². The highest BCUT2D eigenvalue weighted by molar-refractivity contribution is 5.84. The lowest BCUT2D eigenvalue weighted by Gasteiger charge is -2.71. The van der Waals surface area contributed by atoms with Gasteiger partial charge in [-0.25, -0.2) is 0 Å². The Labute approximate surface area is 281 Å². The largest absolute Gasteiger partial charge is 0.481 e. The van der Waals surface area contributed by atoms with Crippen molar-refractivity contribution in [1.29, 1.82) is 0 Å². The van der Waals surface area contributed by atoms with Gasteiger partial charge in [-0.15, -0.1) is 0 Å². The fourth-order valence-corrected chi connectivity index (χ4v) is 12.7. The predicted octanol–water partition coefficient (Wildman–Crippen LogP) is 4.84. The summed E-state index contributed by atoms with van der Waals surface area (Å²) >= 11 is 0. The van der Waals surface area contributed by atoms with Crippen LogP contribution in [0.25, 0.3) is 0 Å². The zero-order valence-electron chi connectivity index (χ0n) is 29.8. The Hall–Kier alpha value is -1.36. The van der Waals surface area contributed by atoms with Crippen molar-refractivity contribution in [1.82, 2.24) is 0 Å². The molecular weight excluding hydrogens is 598 g/mol. The molecule has 266 valence electrons. The fourth-order valence-electron chi connectivity index (χ4n) is 12.7. The summed E-state index contributed by atoms with van der Waals surface area (Å²) in [6.45, 7) is 15.8. The molecule has 0 bridgehead atoms. The third-order valence-corrected chi connectivity index (χ3v) is 15.8. The minimum atomic E-state index is -1.44. The summed E-state index contributed by atoms with van der Waals surface area (Å²) < 4.78 is 12.6. The number of hydrogen-bond acceptors (Lipinski definition) is 8. The first-order chi connectivity index (χ1) is 21.8. The maximum atomic E-state index is 13.0. The highest BCUT2D eigenvalue weighted by atomic mass is 16.7. The SMILES string of the molecule is CC1(C)CCC2(C(=O)O)CCC3(C)C(=CCC4C5(C)CCC(OC6OC(CO)C(O)C(O)C6C(=O)CN)C(C)(C)C5CCC43C)C2C1. The Morgan fingerprint density at radius 1 is 0.936 bits per heavy atom. The first-order valence-electron chi connectivity index (χ1n) is 18.3. The summed E-state index contributed by atoms with van der Waals surface area (Å²) in [5, 5.41) is 41.9. The topological polar surface area (TPSA) is 160 Å². The number of carboxylic acid groups (broad SMARTS) is 1. The second-order valence-electron chi connectivity index (χ2n) is 18.6. The number of aliphatic hydroxyl groups is 3. The number of ketones is 1. The molecule has 6 N–H and O–H groups in total. The smallest absolute Gasteiger partial charge is 0.310 e. The van der Waals surface area contributed by atoms with Crippen LogP contribution in [0.4, 0.5) is 0 Å². The van der Waals surface area contributed by atoms with Crippen molar-refractivity contribution in [2.24, 2.45) is 61.9 Å². The van der Waals surface area contributed by atoms with E-state index in [1.165, 1.54) is 5.57 Å². The van der Waals surface area contributed by atoms with Crippen molar-refractivity contribution in [2.45, 2.75) is 143 Å². The van der Waals surface area contributed by atoms with Crippen LogP contribution in [0, 0.1) is 56.2 Å². The number of carbonyl (C=O) groups is 2. The summed E-state index contributed by atoms with van der Waals surface area (Å²) in [5.41, 5.74) is 6.34. The van der Waals surface area contributed by atoms with Crippen molar-refractivity contribution in [3.8, 4) is 0 Å². The van der Waals surface area contributed by atoms with Gasteiger partial charge in [-0.05, 0) is 109 Å². The third kappa shape index (κ3) is 4.98. The van der Waals surface area contributed by atoms with Gasteiger partial charge in [0.25, 0.3) is 0 Å². The van der Waals surface area contributed by atoms with Crippen molar-refractivity contribution < 1.29 is 39.5 Å². The molecule has 0 spiro atoms. The second kappa shape index (κ2) is 11.6. The van der Waals surface area contributed by atoms with Gasteiger partial charge in [-0.2, -0.15) is 0 Å². The van der Waals surface area contributed by atoms with E-state index < -0.39 is 54.3 Å². The Kier molecular flexibility index (Phi) is 8.75. The van der Waals surface area contributed by atoms with E-state index >= 15 is 0 Å². The van der Waals surface area contributed by atoms with Gasteiger partial charge in [-0.3, -0.25) is 9.59 Å². The summed E-state index contributed by atoms with van der Waals surface area (Å²) in [4.78, 5) is 25.9. The number of ether oxygens (including phenoxy) is 2. The molecule has 5 fully saturated rings. The molecule has 0 aromatic carbocycles. The minimum absolute atomic E-state index is 0.0256. The van der Waals surface area contributed by atoms with E-state index in [1.54, 1.807) is 0 Å². The van der Waals surface area contributed by atoms with Gasteiger partial charge >= 0.3 is 5.97 Å². The molecule has 47 heavy (non-hydrogen) atoms. The Balaban J connectivity index is 1.30. The van der Waals surface area contributed by atoms with Gasteiger partial charge in [0.1, 0.15) is 12.2 Å². The van der Waals surface area contributed by atoms with Crippen LogP contribution in [-0.4, -0.2) is 76.0 Å². The summed E-state index contributed by atoms with van der Waals surface area (Å²) in [6, 6.07) is 0. The standard InChI is InChI=1S/C38H61NO8/c1-33(2)14-16-38(32(44)45)17-15-36(6)21(22(38)18-33)8-9-26-35(5)12-11-27(34(3,4)25(35)10-13-37(26,36)7)47-31-28(23(41)19-39)30(43)29(42)24(20-40)46-31/h8,22,24-31,40,42-43H,9-20,39H2,1-7H3,(H,44,45). The Bertz CT molecular complexity index is 1300. The van der Waals surface area contributed by atoms with Gasteiger partial charge in [0.05, 0.1) is 36.7 Å². The van der Waals surface area contributed by atoms with Gasteiger partial charge in [-0.1, -0.05) is 60.1 Å². The lowest BCUT2D eigenvalue weighted by molar-refractivity contribution is -0.313. The van der Waals surface area contributed by atoms with E-state index in [1.807, 2.05) is 0 Å². The first-order valence-corrected chi connectivity index (χ1v) is 18.3. The van der Waals surface area contributed by atoms with E-state index in [9.17, 15) is 30.0 Å². The number of fused-ring (bicyclic) bond motifs is 7. The van der Waals surface area contributed by atoms with E-state index in [0.29, 0.717) is 11.8 Å². The lowest BCUT2D eigenvalue weighted by atomic mass is 9.33. The molecular formula is C38H61NO8. The minimum Gasteiger partial charge on any atom is -0.481 e. The molecule has 1 heterocycles. The van der Waals surface area contributed by atoms with Crippen molar-refractivity contribution in [3.05, 3.63) is 11.6 Å². The van der Waals surface area contributed by atoms with Crippen LogP contribution in [0.5, 0.6) is 0 Å². The zero-order valence-corrected chi connectivity index (χ0v) is 29.8. The molecule has 13 atom stereocenters. The highest BCUT2D eigenvalue weighted by Crippen LogP contribution is 2.76. The molecule has 6 rings (SSSR count).